The number of hydrogen-bond acceptors (Lipinski definition) is 5. The van der Waals surface area contributed by atoms with Crippen molar-refractivity contribution in [1.82, 2.24) is 5.32 Å². The van der Waals surface area contributed by atoms with Crippen LogP contribution in [-0.4, -0.2) is 30.5 Å². The number of rotatable bonds is 6. The lowest BCUT2D eigenvalue weighted by molar-refractivity contribution is -0.384. The van der Waals surface area contributed by atoms with E-state index in [0.29, 0.717) is 26.1 Å². The van der Waals surface area contributed by atoms with Gasteiger partial charge < -0.3 is 15.4 Å². The van der Waals surface area contributed by atoms with Gasteiger partial charge in [0.15, 0.2) is 0 Å². The van der Waals surface area contributed by atoms with Crippen LogP contribution in [0.2, 0.25) is 0 Å². The van der Waals surface area contributed by atoms with E-state index in [0.717, 1.165) is 17.0 Å². The molecule has 1 amide bonds. The zero-order valence-electron chi connectivity index (χ0n) is 13.6. The Bertz CT molecular complexity index is 761. The first-order valence-corrected chi connectivity index (χ1v) is 8.10. The summed E-state index contributed by atoms with van der Waals surface area (Å²) in [5.74, 6) is 0.640. The van der Waals surface area contributed by atoms with Crippen molar-refractivity contribution in [2.24, 2.45) is 5.92 Å². The van der Waals surface area contributed by atoms with Gasteiger partial charge in [-0.2, -0.15) is 0 Å². The second kappa shape index (κ2) is 7.65. The molecule has 1 unspecified atom stereocenters. The maximum absolute atomic E-state index is 12.2. The van der Waals surface area contributed by atoms with Crippen molar-refractivity contribution >= 4 is 17.3 Å². The smallest absolute Gasteiger partial charge is 0.269 e. The molecule has 0 aromatic heterocycles. The molecule has 0 radical (unpaired) electrons. The van der Waals surface area contributed by atoms with Gasteiger partial charge in [0.05, 0.1) is 10.8 Å². The van der Waals surface area contributed by atoms with Crippen LogP contribution in [0.25, 0.3) is 0 Å². The van der Waals surface area contributed by atoms with E-state index in [4.69, 9.17) is 4.74 Å². The average Bonchev–Trinajstić information content (AvgIpc) is 2.65. The van der Waals surface area contributed by atoms with Gasteiger partial charge >= 0.3 is 0 Å². The first-order valence-electron chi connectivity index (χ1n) is 8.10. The van der Waals surface area contributed by atoms with E-state index < -0.39 is 4.92 Å². The standard InChI is InChI=1S/C18H19N3O4/c22-18(14-11-13-3-1-2-4-17(13)25-12-14)20-10-9-19-15-5-7-16(8-6-15)21(23)24/h1-8,14,19H,9-12H2,(H,20,22). The first kappa shape index (κ1) is 16.8. The monoisotopic (exact) mass is 341 g/mol. The number of anilines is 1. The van der Waals surface area contributed by atoms with Gasteiger partial charge in [-0.05, 0) is 30.2 Å². The topological polar surface area (TPSA) is 93.5 Å². The lowest BCUT2D eigenvalue weighted by Gasteiger charge is -2.24. The normalized spacial score (nSPS) is 15.6. The predicted octanol–water partition coefficient (Wildman–Crippen LogP) is 2.37. The lowest BCUT2D eigenvalue weighted by Crippen LogP contribution is -2.39. The highest BCUT2D eigenvalue weighted by atomic mass is 16.6. The predicted molar refractivity (Wildman–Crippen MR) is 93.7 cm³/mol. The Labute approximate surface area is 145 Å². The molecule has 0 bridgehead atoms. The summed E-state index contributed by atoms with van der Waals surface area (Å²) >= 11 is 0. The number of nitro groups is 1. The van der Waals surface area contributed by atoms with E-state index >= 15 is 0 Å². The SMILES string of the molecule is O=C(NCCNc1ccc([N+](=O)[O-])cc1)C1COc2ccccc2C1. The quantitative estimate of drug-likeness (QED) is 0.478. The number of fused-ring (bicyclic) bond motifs is 1. The molecule has 1 heterocycles. The minimum atomic E-state index is -0.436. The number of benzene rings is 2. The highest BCUT2D eigenvalue weighted by molar-refractivity contribution is 5.79. The molecule has 130 valence electrons. The van der Waals surface area contributed by atoms with E-state index in [1.54, 1.807) is 12.1 Å². The molecule has 1 atom stereocenters. The van der Waals surface area contributed by atoms with Crippen molar-refractivity contribution in [1.29, 1.82) is 0 Å². The number of ether oxygens (including phenoxy) is 1. The van der Waals surface area contributed by atoms with Gasteiger partial charge in [-0.25, -0.2) is 0 Å². The van der Waals surface area contributed by atoms with Crippen molar-refractivity contribution in [2.45, 2.75) is 6.42 Å². The van der Waals surface area contributed by atoms with Crippen LogP contribution in [0.1, 0.15) is 5.56 Å². The summed E-state index contributed by atoms with van der Waals surface area (Å²) in [6.07, 6.45) is 0.678. The molecule has 0 aliphatic carbocycles. The van der Waals surface area contributed by atoms with Gasteiger partial charge in [-0.15, -0.1) is 0 Å². The summed E-state index contributed by atoms with van der Waals surface area (Å²) in [6, 6.07) is 13.9. The number of para-hydroxylation sites is 1. The Morgan fingerprint density at radius 1 is 1.16 bits per heavy atom. The highest BCUT2D eigenvalue weighted by Gasteiger charge is 2.25. The molecule has 3 rings (SSSR count). The summed E-state index contributed by atoms with van der Waals surface area (Å²) in [5, 5.41) is 16.6. The Kier molecular flexibility index (Phi) is 5.13. The van der Waals surface area contributed by atoms with Gasteiger partial charge in [-0.1, -0.05) is 18.2 Å². The number of nitrogens with zero attached hydrogens (tertiary/aromatic N) is 1. The Hall–Kier alpha value is -3.09. The van der Waals surface area contributed by atoms with Crippen LogP contribution < -0.4 is 15.4 Å². The van der Waals surface area contributed by atoms with Gasteiger partial charge in [0.25, 0.3) is 5.69 Å². The molecule has 2 aromatic carbocycles. The first-order chi connectivity index (χ1) is 12.1. The van der Waals surface area contributed by atoms with Gasteiger partial charge in [0.1, 0.15) is 12.4 Å². The van der Waals surface area contributed by atoms with Crippen LogP contribution >= 0.6 is 0 Å². The van der Waals surface area contributed by atoms with Crippen LogP contribution in [0.15, 0.2) is 48.5 Å². The third-order valence-electron chi connectivity index (χ3n) is 4.08. The number of nitrogens with one attached hydrogen (secondary N) is 2. The van der Waals surface area contributed by atoms with Crippen molar-refractivity contribution in [3.05, 3.63) is 64.2 Å². The van der Waals surface area contributed by atoms with E-state index in [9.17, 15) is 14.9 Å². The zero-order chi connectivity index (χ0) is 17.6. The summed E-state index contributed by atoms with van der Waals surface area (Å²) < 4.78 is 5.63. The molecule has 1 aliphatic rings. The Morgan fingerprint density at radius 2 is 1.92 bits per heavy atom. The molecule has 0 spiro atoms. The summed E-state index contributed by atoms with van der Waals surface area (Å²) in [7, 11) is 0. The average molecular weight is 341 g/mol. The largest absolute Gasteiger partial charge is 0.492 e. The van der Waals surface area contributed by atoms with Crippen molar-refractivity contribution < 1.29 is 14.5 Å². The van der Waals surface area contributed by atoms with E-state index in [2.05, 4.69) is 10.6 Å². The Balaban J connectivity index is 1.42. The van der Waals surface area contributed by atoms with Gasteiger partial charge in [0.2, 0.25) is 5.91 Å². The molecule has 7 nitrogen and oxygen atoms in total. The number of carbonyl (C=O) groups excluding carboxylic acids is 1. The van der Waals surface area contributed by atoms with Crippen LogP contribution in [0, 0.1) is 16.0 Å². The molecule has 0 fully saturated rings. The molecular formula is C18H19N3O4. The van der Waals surface area contributed by atoms with Crippen LogP contribution in [-0.2, 0) is 11.2 Å². The molecule has 2 aromatic rings. The zero-order valence-corrected chi connectivity index (χ0v) is 13.6. The van der Waals surface area contributed by atoms with Crippen molar-refractivity contribution in [2.75, 3.05) is 25.0 Å². The summed E-state index contributed by atoms with van der Waals surface area (Å²) in [4.78, 5) is 22.4. The second-order valence-corrected chi connectivity index (χ2v) is 5.84. The minimum absolute atomic E-state index is 0.0278. The molecule has 0 saturated carbocycles. The summed E-state index contributed by atoms with van der Waals surface area (Å²) in [6.45, 7) is 1.39. The number of hydrogen-bond donors (Lipinski definition) is 2. The molecule has 1 aliphatic heterocycles. The van der Waals surface area contributed by atoms with Crippen molar-refractivity contribution in [3.63, 3.8) is 0 Å². The summed E-state index contributed by atoms with van der Waals surface area (Å²) in [5.41, 5.74) is 1.88. The number of non-ortho nitro benzene ring substituents is 1. The van der Waals surface area contributed by atoms with Gasteiger partial charge in [-0.3, -0.25) is 14.9 Å². The van der Waals surface area contributed by atoms with Crippen LogP contribution in [0.5, 0.6) is 5.75 Å². The number of carbonyl (C=O) groups is 1. The Morgan fingerprint density at radius 3 is 2.68 bits per heavy atom. The van der Waals surface area contributed by atoms with Crippen molar-refractivity contribution in [3.8, 4) is 5.75 Å². The van der Waals surface area contributed by atoms with E-state index in [1.807, 2.05) is 24.3 Å². The maximum atomic E-state index is 12.2. The molecule has 25 heavy (non-hydrogen) atoms. The van der Waals surface area contributed by atoms with Crippen LogP contribution in [0.3, 0.4) is 0 Å². The highest BCUT2D eigenvalue weighted by Crippen LogP contribution is 2.26. The molecule has 0 saturated heterocycles. The van der Waals surface area contributed by atoms with E-state index in [-0.39, 0.29) is 17.5 Å². The van der Waals surface area contributed by atoms with Gasteiger partial charge in [0, 0.05) is 30.9 Å². The lowest BCUT2D eigenvalue weighted by atomic mass is 9.96. The molecular weight excluding hydrogens is 322 g/mol. The number of amides is 1. The fourth-order valence-electron chi connectivity index (χ4n) is 2.73. The molecule has 7 heteroatoms. The molecule has 2 N–H and O–H groups in total. The fraction of sp³-hybridized carbons (Fsp3) is 0.278. The third-order valence-corrected chi connectivity index (χ3v) is 4.08. The second-order valence-electron chi connectivity index (χ2n) is 5.84. The third kappa shape index (κ3) is 4.26. The fourth-order valence-corrected chi connectivity index (χ4v) is 2.73. The van der Waals surface area contributed by atoms with Crippen LogP contribution in [0.4, 0.5) is 11.4 Å². The number of nitro benzene ring substituents is 1. The van der Waals surface area contributed by atoms with E-state index in [1.165, 1.54) is 12.1 Å². The minimum Gasteiger partial charge on any atom is -0.492 e. The maximum Gasteiger partial charge on any atom is 0.269 e.